The maximum Gasteiger partial charge on any atom is 0.126 e. The van der Waals surface area contributed by atoms with Crippen LogP contribution in [0.1, 0.15) is 30.0 Å². The third-order valence-corrected chi connectivity index (χ3v) is 2.85. The van der Waals surface area contributed by atoms with Gasteiger partial charge < -0.3 is 5.73 Å². The summed E-state index contributed by atoms with van der Waals surface area (Å²) >= 11 is 0. The summed E-state index contributed by atoms with van der Waals surface area (Å²) in [6.07, 6.45) is 4.90. The highest BCUT2D eigenvalue weighted by Gasteiger charge is 2.01. The van der Waals surface area contributed by atoms with Crippen LogP contribution in [0.5, 0.6) is 0 Å². The molecule has 0 aliphatic rings. The van der Waals surface area contributed by atoms with Gasteiger partial charge in [0.1, 0.15) is 5.82 Å². The molecule has 2 aromatic rings. The number of hydrogen-bond acceptors (Lipinski definition) is 2. The minimum absolute atomic E-state index is 0.633. The van der Waals surface area contributed by atoms with Crippen molar-refractivity contribution in [3.8, 4) is 0 Å². The van der Waals surface area contributed by atoms with Gasteiger partial charge in [0.05, 0.1) is 0 Å². The first kappa shape index (κ1) is 11.6. The number of aryl methyl sites for hydroxylation is 1. The molecule has 17 heavy (non-hydrogen) atoms. The minimum Gasteiger partial charge on any atom is -0.383 e. The number of rotatable bonds is 4. The van der Waals surface area contributed by atoms with E-state index < -0.39 is 0 Å². The summed E-state index contributed by atoms with van der Waals surface area (Å²) in [6.45, 7) is 2.20. The van der Waals surface area contributed by atoms with Crippen molar-refractivity contribution in [2.75, 3.05) is 5.73 Å². The number of nitrogens with two attached hydrogens (primary N) is 1. The van der Waals surface area contributed by atoms with E-state index in [0.717, 1.165) is 18.4 Å². The molecule has 2 heteroatoms. The van der Waals surface area contributed by atoms with Crippen molar-refractivity contribution in [1.29, 1.82) is 0 Å². The molecule has 0 radical (unpaired) electrons. The summed E-state index contributed by atoms with van der Waals surface area (Å²) in [5.41, 5.74) is 9.65. The predicted molar refractivity (Wildman–Crippen MR) is 71.9 cm³/mol. The van der Waals surface area contributed by atoms with Gasteiger partial charge in [-0.3, -0.25) is 0 Å². The molecule has 0 saturated heterocycles. The number of aromatic nitrogens is 1. The van der Waals surface area contributed by atoms with E-state index in [1.165, 1.54) is 17.5 Å². The molecular weight excluding hydrogens is 208 g/mol. The van der Waals surface area contributed by atoms with Gasteiger partial charge in [-0.15, -0.1) is 0 Å². The first-order valence-electron chi connectivity index (χ1n) is 6.06. The van der Waals surface area contributed by atoms with Crippen LogP contribution in [0.25, 0.3) is 0 Å². The Morgan fingerprint density at radius 1 is 1.12 bits per heavy atom. The third-order valence-electron chi connectivity index (χ3n) is 2.85. The average Bonchev–Trinajstić information content (AvgIpc) is 2.33. The number of hydrogen-bond donors (Lipinski definition) is 1. The second-order valence-electron chi connectivity index (χ2n) is 4.29. The zero-order chi connectivity index (χ0) is 12.1. The van der Waals surface area contributed by atoms with Crippen LogP contribution in [-0.2, 0) is 12.8 Å². The van der Waals surface area contributed by atoms with Crippen molar-refractivity contribution in [3.63, 3.8) is 0 Å². The molecule has 1 heterocycles. The molecule has 0 amide bonds. The Balaban J connectivity index is 2.18. The van der Waals surface area contributed by atoms with E-state index in [1.807, 2.05) is 12.1 Å². The van der Waals surface area contributed by atoms with Crippen molar-refractivity contribution in [2.45, 2.75) is 26.2 Å². The lowest BCUT2D eigenvalue weighted by atomic mass is 10.0. The lowest BCUT2D eigenvalue weighted by Crippen LogP contribution is -1.98. The van der Waals surface area contributed by atoms with Crippen LogP contribution in [0.15, 0.2) is 42.6 Å². The second-order valence-corrected chi connectivity index (χ2v) is 4.29. The minimum atomic E-state index is 0.633. The first-order chi connectivity index (χ1) is 8.29. The van der Waals surface area contributed by atoms with E-state index in [-0.39, 0.29) is 0 Å². The number of anilines is 1. The van der Waals surface area contributed by atoms with Gasteiger partial charge in [-0.05, 0) is 29.2 Å². The van der Waals surface area contributed by atoms with Gasteiger partial charge in [-0.25, -0.2) is 4.98 Å². The maximum atomic E-state index is 5.85. The zero-order valence-electron chi connectivity index (χ0n) is 10.2. The van der Waals surface area contributed by atoms with Gasteiger partial charge in [-0.2, -0.15) is 0 Å². The summed E-state index contributed by atoms with van der Waals surface area (Å²) in [5, 5.41) is 0. The smallest absolute Gasteiger partial charge is 0.126 e. The summed E-state index contributed by atoms with van der Waals surface area (Å²) in [6, 6.07) is 12.7. The van der Waals surface area contributed by atoms with E-state index in [1.54, 1.807) is 6.20 Å². The van der Waals surface area contributed by atoms with Gasteiger partial charge in [-0.1, -0.05) is 43.7 Å². The number of nitrogen functional groups attached to an aromatic ring is 1. The lowest BCUT2D eigenvalue weighted by Gasteiger charge is -2.06. The Morgan fingerprint density at radius 2 is 1.94 bits per heavy atom. The number of benzene rings is 1. The van der Waals surface area contributed by atoms with Crippen molar-refractivity contribution < 1.29 is 0 Å². The maximum absolute atomic E-state index is 5.85. The molecule has 2 N–H and O–H groups in total. The zero-order valence-corrected chi connectivity index (χ0v) is 10.2. The fraction of sp³-hybridized carbons (Fsp3) is 0.267. The fourth-order valence-corrected chi connectivity index (χ4v) is 2.00. The van der Waals surface area contributed by atoms with Crippen LogP contribution in [0, 0.1) is 0 Å². The van der Waals surface area contributed by atoms with Crippen LogP contribution in [-0.4, -0.2) is 4.98 Å². The number of nitrogens with zero attached hydrogens (tertiary/aromatic N) is 1. The summed E-state index contributed by atoms with van der Waals surface area (Å²) in [4.78, 5) is 4.11. The van der Waals surface area contributed by atoms with E-state index in [9.17, 15) is 0 Å². The Bertz CT molecular complexity index is 492. The molecule has 0 aliphatic carbocycles. The molecule has 0 bridgehead atoms. The molecular formula is C15H18N2. The highest BCUT2D eigenvalue weighted by atomic mass is 14.8. The van der Waals surface area contributed by atoms with E-state index in [2.05, 4.69) is 36.2 Å². The Hall–Kier alpha value is -1.83. The van der Waals surface area contributed by atoms with Crippen LogP contribution in [0.3, 0.4) is 0 Å². The van der Waals surface area contributed by atoms with Gasteiger partial charge in [0.2, 0.25) is 0 Å². The van der Waals surface area contributed by atoms with Crippen LogP contribution < -0.4 is 5.73 Å². The normalized spacial score (nSPS) is 10.4. The molecule has 2 nitrogen and oxygen atoms in total. The topological polar surface area (TPSA) is 38.9 Å². The van der Waals surface area contributed by atoms with Crippen LogP contribution in [0.2, 0.25) is 0 Å². The second kappa shape index (κ2) is 5.48. The lowest BCUT2D eigenvalue weighted by molar-refractivity contribution is 0.918. The van der Waals surface area contributed by atoms with Crippen molar-refractivity contribution in [2.24, 2.45) is 0 Å². The van der Waals surface area contributed by atoms with Gasteiger partial charge in [0.15, 0.2) is 0 Å². The SMILES string of the molecule is CCCc1cccc(Cc2cccnc2N)c1. The van der Waals surface area contributed by atoms with Gasteiger partial charge in [0.25, 0.3) is 0 Å². The highest BCUT2D eigenvalue weighted by molar-refractivity contribution is 5.42. The summed E-state index contributed by atoms with van der Waals surface area (Å²) in [7, 11) is 0. The summed E-state index contributed by atoms with van der Waals surface area (Å²) < 4.78 is 0. The molecule has 1 aromatic carbocycles. The molecule has 0 saturated carbocycles. The Morgan fingerprint density at radius 3 is 2.71 bits per heavy atom. The number of pyridine rings is 1. The molecule has 0 aliphatic heterocycles. The first-order valence-corrected chi connectivity index (χ1v) is 6.06. The molecule has 0 spiro atoms. The molecule has 2 rings (SSSR count). The van der Waals surface area contributed by atoms with Gasteiger partial charge in [0, 0.05) is 12.6 Å². The van der Waals surface area contributed by atoms with E-state index in [4.69, 9.17) is 5.73 Å². The third kappa shape index (κ3) is 3.06. The largest absolute Gasteiger partial charge is 0.383 e. The molecule has 88 valence electrons. The molecule has 1 aromatic heterocycles. The Kier molecular flexibility index (Phi) is 3.76. The van der Waals surface area contributed by atoms with Crippen LogP contribution in [0.4, 0.5) is 5.82 Å². The van der Waals surface area contributed by atoms with Crippen LogP contribution >= 0.6 is 0 Å². The summed E-state index contributed by atoms with van der Waals surface area (Å²) in [5.74, 6) is 0.633. The van der Waals surface area contributed by atoms with E-state index in [0.29, 0.717) is 5.82 Å². The van der Waals surface area contributed by atoms with Crippen molar-refractivity contribution >= 4 is 5.82 Å². The van der Waals surface area contributed by atoms with Crippen molar-refractivity contribution in [3.05, 3.63) is 59.3 Å². The molecule has 0 atom stereocenters. The van der Waals surface area contributed by atoms with Crippen molar-refractivity contribution in [1.82, 2.24) is 4.98 Å². The predicted octanol–water partition coefficient (Wildman–Crippen LogP) is 3.21. The monoisotopic (exact) mass is 226 g/mol. The Labute approximate surface area is 103 Å². The van der Waals surface area contributed by atoms with E-state index >= 15 is 0 Å². The molecule has 0 unspecified atom stereocenters. The fourth-order valence-electron chi connectivity index (χ4n) is 2.00. The standard InChI is InChI=1S/C15H18N2/c1-2-5-12-6-3-7-13(10-12)11-14-8-4-9-17-15(14)16/h3-4,6-10H,2,5,11H2,1H3,(H2,16,17). The quantitative estimate of drug-likeness (QED) is 0.869. The molecule has 0 fully saturated rings. The van der Waals surface area contributed by atoms with Gasteiger partial charge >= 0.3 is 0 Å². The highest BCUT2D eigenvalue weighted by Crippen LogP contribution is 2.15. The average molecular weight is 226 g/mol.